The van der Waals surface area contributed by atoms with Gasteiger partial charge in [-0.2, -0.15) is 15.4 Å². The van der Waals surface area contributed by atoms with Crippen molar-refractivity contribution in [3.8, 4) is 17.6 Å². The van der Waals surface area contributed by atoms with Crippen LogP contribution in [0.25, 0.3) is 0 Å². The molecule has 1 aromatic rings. The van der Waals surface area contributed by atoms with Crippen molar-refractivity contribution >= 4 is 29.6 Å². The van der Waals surface area contributed by atoms with Gasteiger partial charge in [-0.25, -0.2) is 0 Å². The maximum absolute atomic E-state index is 12.7. The zero-order valence-electron chi connectivity index (χ0n) is 14.5. The van der Waals surface area contributed by atoms with Crippen LogP contribution in [0.5, 0.6) is 11.5 Å². The average Bonchev–Trinajstić information content (AvgIpc) is 3.33. The topological polar surface area (TPSA) is 92.0 Å². The van der Waals surface area contributed by atoms with E-state index >= 15 is 0 Å². The summed E-state index contributed by atoms with van der Waals surface area (Å²) in [4.78, 5) is 25.4. The number of benzene rings is 1. The summed E-state index contributed by atoms with van der Waals surface area (Å²) in [5, 5.41) is 14.2. The molecule has 1 heterocycles. The predicted molar refractivity (Wildman–Crippen MR) is 96.3 cm³/mol. The first-order valence-electron chi connectivity index (χ1n) is 8.52. The molecule has 8 heteroatoms. The summed E-state index contributed by atoms with van der Waals surface area (Å²) in [5.74, 6) is -0.320. The van der Waals surface area contributed by atoms with E-state index in [1.54, 1.807) is 12.1 Å². The van der Waals surface area contributed by atoms with Gasteiger partial charge in [-0.15, -0.1) is 0 Å². The highest BCUT2D eigenvalue weighted by Gasteiger charge is 2.59. The van der Waals surface area contributed by atoms with Crippen LogP contribution in [-0.4, -0.2) is 36.8 Å². The van der Waals surface area contributed by atoms with Gasteiger partial charge in [0.25, 0.3) is 11.8 Å². The molecule has 27 heavy (non-hydrogen) atoms. The third kappa shape index (κ3) is 2.77. The van der Waals surface area contributed by atoms with Crippen molar-refractivity contribution in [2.75, 3.05) is 13.7 Å². The molecule has 2 bridgehead atoms. The minimum absolute atomic E-state index is 0.123. The smallest absolute Gasteiger partial charge is 0.254 e. The molecular formula is C19H16ClN3O4. The number of amides is 2. The van der Waals surface area contributed by atoms with Crippen LogP contribution in [0.1, 0.15) is 12.0 Å². The minimum Gasteiger partial charge on any atom is -0.493 e. The summed E-state index contributed by atoms with van der Waals surface area (Å²) in [6, 6.07) is 5.00. The van der Waals surface area contributed by atoms with Crippen LogP contribution in [0, 0.1) is 35.0 Å². The van der Waals surface area contributed by atoms with Crippen molar-refractivity contribution in [2.45, 2.75) is 6.42 Å². The molecular weight excluding hydrogens is 370 g/mol. The van der Waals surface area contributed by atoms with Crippen LogP contribution in [0.3, 0.4) is 0 Å². The molecule has 2 aliphatic carbocycles. The fourth-order valence-electron chi connectivity index (χ4n) is 4.22. The normalized spacial score (nSPS) is 28.1. The van der Waals surface area contributed by atoms with Gasteiger partial charge in [-0.05, 0) is 24.3 Å². The molecule has 4 rings (SSSR count). The maximum Gasteiger partial charge on any atom is 0.254 e. The Morgan fingerprint density at radius 1 is 1.30 bits per heavy atom. The number of allylic oxidation sites excluding steroid dienone is 2. The fraction of sp³-hybridized carbons (Fsp3) is 0.368. The van der Waals surface area contributed by atoms with Gasteiger partial charge in [-0.3, -0.25) is 9.59 Å². The standard InChI is InChI=1S/C19H16ClN3O4/c1-26-14-8-13(20)7-12(17(14)27-5-4-21)9-22-23-18(24)15-10-2-3-11(6-10)16(15)19(23)25/h2-3,7-11,15-16H,5-6H2,1H3/t10-,11-,15-,16+/m0/s1. The average molecular weight is 386 g/mol. The molecule has 3 aliphatic rings. The molecule has 1 aromatic carbocycles. The SMILES string of the molecule is COc1cc(Cl)cc(C=NN2C(=O)[C@@H]3[C@H](C2=O)[C@H]2C=C[C@H]3C2)c1OCC#N. The van der Waals surface area contributed by atoms with E-state index in [-0.39, 0.29) is 47.8 Å². The Morgan fingerprint density at radius 3 is 2.56 bits per heavy atom. The highest BCUT2D eigenvalue weighted by atomic mass is 35.5. The zero-order chi connectivity index (χ0) is 19.1. The van der Waals surface area contributed by atoms with Gasteiger partial charge in [0, 0.05) is 16.7 Å². The first-order valence-corrected chi connectivity index (χ1v) is 8.90. The molecule has 2 amide bonds. The second-order valence-corrected chi connectivity index (χ2v) is 7.14. The summed E-state index contributed by atoms with van der Waals surface area (Å²) >= 11 is 6.09. The Bertz CT molecular complexity index is 890. The third-order valence-corrected chi connectivity index (χ3v) is 5.53. The second kappa shape index (κ2) is 6.71. The lowest BCUT2D eigenvalue weighted by molar-refractivity contribution is -0.140. The Hall–Kier alpha value is -2.85. The number of fused-ring (bicyclic) bond motifs is 5. The Balaban J connectivity index is 1.64. The molecule has 1 saturated heterocycles. The van der Waals surface area contributed by atoms with Crippen molar-refractivity contribution in [2.24, 2.45) is 28.8 Å². The van der Waals surface area contributed by atoms with E-state index in [0.717, 1.165) is 11.4 Å². The summed E-state index contributed by atoms with van der Waals surface area (Å²) in [6.07, 6.45) is 6.26. The predicted octanol–water partition coefficient (Wildman–Crippen LogP) is 2.39. The number of rotatable bonds is 5. The Kier molecular flexibility index (Phi) is 4.36. The summed E-state index contributed by atoms with van der Waals surface area (Å²) in [7, 11) is 1.45. The molecule has 0 spiro atoms. The number of carbonyl (C=O) groups is 2. The van der Waals surface area contributed by atoms with Crippen LogP contribution in [0.2, 0.25) is 5.02 Å². The second-order valence-electron chi connectivity index (χ2n) is 6.71. The highest BCUT2D eigenvalue weighted by Crippen LogP contribution is 2.52. The quantitative estimate of drug-likeness (QED) is 0.441. The van der Waals surface area contributed by atoms with Gasteiger partial charge in [0.15, 0.2) is 18.1 Å². The maximum atomic E-state index is 12.7. The van der Waals surface area contributed by atoms with Crippen LogP contribution in [-0.2, 0) is 9.59 Å². The zero-order valence-corrected chi connectivity index (χ0v) is 15.2. The Morgan fingerprint density at radius 2 is 1.96 bits per heavy atom. The molecule has 138 valence electrons. The molecule has 7 nitrogen and oxygen atoms in total. The molecule has 4 atom stereocenters. The van der Waals surface area contributed by atoms with Crippen molar-refractivity contribution in [3.63, 3.8) is 0 Å². The number of ether oxygens (including phenoxy) is 2. The lowest BCUT2D eigenvalue weighted by atomic mass is 9.85. The van der Waals surface area contributed by atoms with Gasteiger partial charge >= 0.3 is 0 Å². The van der Waals surface area contributed by atoms with E-state index < -0.39 is 0 Å². The Labute approximate surface area is 160 Å². The molecule has 0 aromatic heterocycles. The number of carbonyl (C=O) groups excluding carboxylic acids is 2. The fourth-order valence-corrected chi connectivity index (χ4v) is 4.43. The van der Waals surface area contributed by atoms with Crippen molar-refractivity contribution in [1.82, 2.24) is 5.01 Å². The van der Waals surface area contributed by atoms with Gasteiger partial charge in [0.2, 0.25) is 0 Å². The number of imide groups is 1. The lowest BCUT2D eigenvalue weighted by Gasteiger charge is -2.13. The first-order chi connectivity index (χ1) is 13.0. The molecule has 1 aliphatic heterocycles. The van der Waals surface area contributed by atoms with Crippen LogP contribution >= 0.6 is 11.6 Å². The van der Waals surface area contributed by atoms with Gasteiger partial charge < -0.3 is 9.47 Å². The lowest BCUT2D eigenvalue weighted by Crippen LogP contribution is -2.28. The summed E-state index contributed by atoms with van der Waals surface area (Å²) in [6.45, 7) is -0.195. The number of hydrogen-bond acceptors (Lipinski definition) is 6. The van der Waals surface area contributed by atoms with E-state index in [0.29, 0.717) is 16.3 Å². The van der Waals surface area contributed by atoms with E-state index in [9.17, 15) is 9.59 Å². The molecule has 0 N–H and O–H groups in total. The number of nitrogens with zero attached hydrogens (tertiary/aromatic N) is 3. The van der Waals surface area contributed by atoms with Crippen LogP contribution < -0.4 is 9.47 Å². The van der Waals surface area contributed by atoms with Gasteiger partial charge in [-0.1, -0.05) is 23.8 Å². The van der Waals surface area contributed by atoms with E-state index in [1.165, 1.54) is 13.3 Å². The monoisotopic (exact) mass is 385 g/mol. The highest BCUT2D eigenvalue weighted by molar-refractivity contribution is 6.31. The van der Waals surface area contributed by atoms with Gasteiger partial charge in [0.05, 0.1) is 25.2 Å². The largest absolute Gasteiger partial charge is 0.493 e. The summed E-state index contributed by atoms with van der Waals surface area (Å²) in [5.41, 5.74) is 0.411. The van der Waals surface area contributed by atoms with E-state index in [2.05, 4.69) is 5.10 Å². The molecule has 1 saturated carbocycles. The number of nitriles is 1. The first kappa shape index (κ1) is 17.6. The summed E-state index contributed by atoms with van der Waals surface area (Å²) < 4.78 is 10.7. The third-order valence-electron chi connectivity index (χ3n) is 5.31. The number of methoxy groups -OCH3 is 1. The van der Waals surface area contributed by atoms with Crippen LogP contribution in [0.4, 0.5) is 0 Å². The molecule has 0 unspecified atom stereocenters. The molecule has 0 radical (unpaired) electrons. The van der Waals surface area contributed by atoms with E-state index in [1.807, 2.05) is 18.2 Å². The number of halogens is 1. The van der Waals surface area contributed by atoms with Crippen molar-refractivity contribution in [1.29, 1.82) is 5.26 Å². The number of hydrogen-bond donors (Lipinski definition) is 0. The van der Waals surface area contributed by atoms with Crippen molar-refractivity contribution < 1.29 is 19.1 Å². The number of hydrazone groups is 1. The van der Waals surface area contributed by atoms with E-state index in [4.69, 9.17) is 26.3 Å². The van der Waals surface area contributed by atoms with Crippen LogP contribution in [0.15, 0.2) is 29.4 Å². The van der Waals surface area contributed by atoms with Gasteiger partial charge in [0.1, 0.15) is 6.07 Å². The van der Waals surface area contributed by atoms with Crippen molar-refractivity contribution in [3.05, 3.63) is 34.9 Å². The minimum atomic E-state index is -0.312. The molecule has 2 fully saturated rings.